The molecule has 0 heterocycles. The van der Waals surface area contributed by atoms with Crippen LogP contribution in [0.15, 0.2) is 0 Å². The predicted octanol–water partition coefficient (Wildman–Crippen LogP) is 1.04. The zero-order valence-electron chi connectivity index (χ0n) is 8.60. The second kappa shape index (κ2) is 5.22. The van der Waals surface area contributed by atoms with Gasteiger partial charge in [-0.3, -0.25) is 4.79 Å². The van der Waals surface area contributed by atoms with Crippen LogP contribution in [0, 0.1) is 0 Å². The summed E-state index contributed by atoms with van der Waals surface area (Å²) in [6.45, 7) is 4.67. The molecule has 0 aromatic carbocycles. The quantitative estimate of drug-likeness (QED) is 0.670. The first-order chi connectivity index (χ1) is 6.22. The molecule has 1 aliphatic rings. The van der Waals surface area contributed by atoms with Gasteiger partial charge in [0.25, 0.3) is 0 Å². The third-order valence-corrected chi connectivity index (χ3v) is 2.69. The van der Waals surface area contributed by atoms with Crippen molar-refractivity contribution in [2.45, 2.75) is 51.6 Å². The molecule has 1 saturated carbocycles. The van der Waals surface area contributed by atoms with Crippen LogP contribution in [0.2, 0.25) is 0 Å². The molecule has 3 nitrogen and oxygen atoms in total. The molecule has 1 unspecified atom stereocenters. The van der Waals surface area contributed by atoms with Crippen molar-refractivity contribution in [3.8, 4) is 0 Å². The van der Waals surface area contributed by atoms with Crippen molar-refractivity contribution in [3.05, 3.63) is 0 Å². The number of hydrogen-bond acceptors (Lipinski definition) is 2. The molecule has 13 heavy (non-hydrogen) atoms. The normalized spacial score (nSPS) is 19.2. The number of carbonyl (C=O) groups excluding carboxylic acids is 1. The van der Waals surface area contributed by atoms with Gasteiger partial charge in [-0.1, -0.05) is 6.92 Å². The van der Waals surface area contributed by atoms with Gasteiger partial charge in [-0.05, 0) is 32.6 Å². The second-order valence-corrected chi connectivity index (χ2v) is 3.89. The maximum atomic E-state index is 11.3. The molecule has 2 N–H and O–H groups in total. The zero-order chi connectivity index (χ0) is 9.68. The first-order valence-electron chi connectivity index (χ1n) is 5.25. The van der Waals surface area contributed by atoms with Crippen LogP contribution >= 0.6 is 0 Å². The van der Waals surface area contributed by atoms with E-state index in [1.807, 2.05) is 0 Å². The van der Waals surface area contributed by atoms with Gasteiger partial charge < -0.3 is 10.6 Å². The molecule has 76 valence electrons. The van der Waals surface area contributed by atoms with Crippen LogP contribution in [-0.2, 0) is 4.79 Å². The van der Waals surface area contributed by atoms with Gasteiger partial charge >= 0.3 is 0 Å². The maximum Gasteiger partial charge on any atom is 0.234 e. The molecule has 0 spiro atoms. The van der Waals surface area contributed by atoms with Crippen molar-refractivity contribution in [1.29, 1.82) is 0 Å². The number of carbonyl (C=O) groups is 1. The highest BCUT2D eigenvalue weighted by atomic mass is 16.2. The Bertz CT molecular complexity index is 166. The van der Waals surface area contributed by atoms with Crippen molar-refractivity contribution in [3.63, 3.8) is 0 Å². The van der Waals surface area contributed by atoms with E-state index in [-0.39, 0.29) is 5.91 Å². The fourth-order valence-electron chi connectivity index (χ4n) is 1.24. The largest absolute Gasteiger partial charge is 0.352 e. The minimum absolute atomic E-state index is 0.144. The van der Waals surface area contributed by atoms with E-state index >= 15 is 0 Å². The second-order valence-electron chi connectivity index (χ2n) is 3.89. The lowest BCUT2D eigenvalue weighted by Gasteiger charge is -2.26. The van der Waals surface area contributed by atoms with Gasteiger partial charge in [0.2, 0.25) is 5.91 Å². The van der Waals surface area contributed by atoms with Gasteiger partial charge in [0.1, 0.15) is 0 Å². The molecular formula is C10H20N2O. The molecule has 0 saturated heterocycles. The minimum Gasteiger partial charge on any atom is -0.352 e. The molecule has 0 aromatic heterocycles. The average molecular weight is 184 g/mol. The van der Waals surface area contributed by atoms with Crippen LogP contribution in [-0.4, -0.2) is 24.5 Å². The Labute approximate surface area is 80.3 Å². The lowest BCUT2D eigenvalue weighted by atomic mass is 9.93. The van der Waals surface area contributed by atoms with Crippen LogP contribution in [0.1, 0.15) is 39.5 Å². The van der Waals surface area contributed by atoms with Crippen LogP contribution in [0.25, 0.3) is 0 Å². The first-order valence-corrected chi connectivity index (χ1v) is 5.25. The van der Waals surface area contributed by atoms with Crippen molar-refractivity contribution in [1.82, 2.24) is 10.6 Å². The Morgan fingerprint density at radius 2 is 2.23 bits per heavy atom. The standard InChI is InChI=1S/C10H20N2O/c1-3-8(2)11-7-10(13)12-9-5-4-6-9/h8-9,11H,3-7H2,1-2H3,(H,12,13). The molecule has 1 rings (SSSR count). The van der Waals surface area contributed by atoms with E-state index in [0.717, 1.165) is 19.3 Å². The summed E-state index contributed by atoms with van der Waals surface area (Å²) in [5.41, 5.74) is 0. The third kappa shape index (κ3) is 3.77. The Balaban J connectivity index is 2.03. The molecule has 1 fully saturated rings. The Morgan fingerprint density at radius 3 is 2.69 bits per heavy atom. The molecule has 0 aliphatic heterocycles. The summed E-state index contributed by atoms with van der Waals surface area (Å²) in [5, 5.41) is 6.17. The Kier molecular flexibility index (Phi) is 4.22. The summed E-state index contributed by atoms with van der Waals surface area (Å²) < 4.78 is 0. The predicted molar refractivity (Wildman–Crippen MR) is 53.5 cm³/mol. The number of rotatable bonds is 5. The summed E-state index contributed by atoms with van der Waals surface area (Å²) >= 11 is 0. The fourth-order valence-corrected chi connectivity index (χ4v) is 1.24. The molecule has 0 radical (unpaired) electrons. The lowest BCUT2D eigenvalue weighted by molar-refractivity contribution is -0.121. The minimum atomic E-state index is 0.144. The van der Waals surface area contributed by atoms with Crippen LogP contribution in [0.5, 0.6) is 0 Å². The van der Waals surface area contributed by atoms with Gasteiger partial charge in [0.15, 0.2) is 0 Å². The highest BCUT2D eigenvalue weighted by Crippen LogP contribution is 2.17. The summed E-state index contributed by atoms with van der Waals surface area (Å²) in [5.74, 6) is 0.144. The van der Waals surface area contributed by atoms with Crippen LogP contribution in [0.3, 0.4) is 0 Å². The van der Waals surface area contributed by atoms with E-state index < -0.39 is 0 Å². The van der Waals surface area contributed by atoms with Crippen molar-refractivity contribution in [2.24, 2.45) is 0 Å². The monoisotopic (exact) mass is 184 g/mol. The Morgan fingerprint density at radius 1 is 1.54 bits per heavy atom. The van der Waals surface area contributed by atoms with Crippen LogP contribution in [0.4, 0.5) is 0 Å². The zero-order valence-corrected chi connectivity index (χ0v) is 8.60. The number of amides is 1. The summed E-state index contributed by atoms with van der Waals surface area (Å²) in [6, 6.07) is 0.901. The van der Waals surface area contributed by atoms with E-state index in [2.05, 4.69) is 24.5 Å². The van der Waals surface area contributed by atoms with E-state index in [1.54, 1.807) is 0 Å². The van der Waals surface area contributed by atoms with Crippen molar-refractivity contribution >= 4 is 5.91 Å². The molecule has 1 atom stereocenters. The van der Waals surface area contributed by atoms with Gasteiger partial charge in [0, 0.05) is 12.1 Å². The van der Waals surface area contributed by atoms with Gasteiger partial charge in [-0.15, -0.1) is 0 Å². The number of hydrogen-bond donors (Lipinski definition) is 2. The van der Waals surface area contributed by atoms with E-state index in [4.69, 9.17) is 0 Å². The SMILES string of the molecule is CCC(C)NCC(=O)NC1CCC1. The average Bonchev–Trinajstić information content (AvgIpc) is 2.07. The Hall–Kier alpha value is -0.570. The van der Waals surface area contributed by atoms with Crippen LogP contribution < -0.4 is 10.6 Å². The van der Waals surface area contributed by atoms with E-state index in [1.165, 1.54) is 6.42 Å². The number of nitrogens with one attached hydrogen (secondary N) is 2. The van der Waals surface area contributed by atoms with Gasteiger partial charge in [-0.25, -0.2) is 0 Å². The molecule has 3 heteroatoms. The highest BCUT2D eigenvalue weighted by molar-refractivity contribution is 5.78. The summed E-state index contributed by atoms with van der Waals surface area (Å²) in [6.07, 6.45) is 4.66. The highest BCUT2D eigenvalue weighted by Gasteiger charge is 2.18. The van der Waals surface area contributed by atoms with E-state index in [0.29, 0.717) is 18.6 Å². The molecule has 0 bridgehead atoms. The summed E-state index contributed by atoms with van der Waals surface area (Å²) in [7, 11) is 0. The van der Waals surface area contributed by atoms with E-state index in [9.17, 15) is 4.79 Å². The molecular weight excluding hydrogens is 164 g/mol. The fraction of sp³-hybridized carbons (Fsp3) is 0.900. The molecule has 0 aromatic rings. The van der Waals surface area contributed by atoms with Gasteiger partial charge in [-0.2, -0.15) is 0 Å². The third-order valence-electron chi connectivity index (χ3n) is 2.69. The summed E-state index contributed by atoms with van der Waals surface area (Å²) in [4.78, 5) is 11.3. The van der Waals surface area contributed by atoms with Gasteiger partial charge in [0.05, 0.1) is 6.54 Å². The topological polar surface area (TPSA) is 41.1 Å². The lowest BCUT2D eigenvalue weighted by Crippen LogP contribution is -2.45. The maximum absolute atomic E-state index is 11.3. The van der Waals surface area contributed by atoms with Crippen molar-refractivity contribution in [2.75, 3.05) is 6.54 Å². The smallest absolute Gasteiger partial charge is 0.234 e. The first kappa shape index (κ1) is 10.5. The molecule has 1 aliphatic carbocycles. The molecule has 1 amide bonds. The van der Waals surface area contributed by atoms with Crippen molar-refractivity contribution < 1.29 is 4.79 Å².